The molecule has 0 N–H and O–H groups in total. The molecule has 13 heteroatoms. The van der Waals surface area contributed by atoms with Crippen molar-refractivity contribution in [1.82, 2.24) is 25.1 Å². The summed E-state index contributed by atoms with van der Waals surface area (Å²) in [5.74, 6) is 0.136. The van der Waals surface area contributed by atoms with Crippen LogP contribution in [0.1, 0.15) is 5.56 Å². The summed E-state index contributed by atoms with van der Waals surface area (Å²) < 4.78 is 38.8. The number of carbonyl (C=O) groups is 1. The normalized spacial score (nSPS) is 14.4. The molecule has 172 valence electrons. The van der Waals surface area contributed by atoms with E-state index in [2.05, 4.69) is 15.4 Å². The number of anilines is 1. The van der Waals surface area contributed by atoms with Gasteiger partial charge in [-0.25, -0.2) is 0 Å². The van der Waals surface area contributed by atoms with E-state index in [9.17, 15) is 28.1 Å². The number of nitrogens with zero attached hydrogens (tertiary/aromatic N) is 7. The SMILES string of the molecule is O=C(Cn1nnc(-c2ccccc2)n1)N1CCN(c2ccc(C(F)(F)F)cc2[N+](=O)[O-])CC1. The van der Waals surface area contributed by atoms with Crippen LogP contribution in [-0.4, -0.2) is 62.1 Å². The summed E-state index contributed by atoms with van der Waals surface area (Å²) in [5.41, 5.74) is -0.847. The third-order valence-corrected chi connectivity index (χ3v) is 5.23. The van der Waals surface area contributed by atoms with Crippen LogP contribution in [0, 0.1) is 10.1 Å². The largest absolute Gasteiger partial charge is 0.416 e. The van der Waals surface area contributed by atoms with Gasteiger partial charge in [0.15, 0.2) is 0 Å². The quantitative estimate of drug-likeness (QED) is 0.424. The highest BCUT2D eigenvalue weighted by molar-refractivity contribution is 5.76. The van der Waals surface area contributed by atoms with Crippen LogP contribution < -0.4 is 4.90 Å². The Bertz CT molecular complexity index is 1160. The number of benzene rings is 2. The Morgan fingerprint density at radius 3 is 2.39 bits per heavy atom. The minimum absolute atomic E-state index is 0.0885. The first kappa shape index (κ1) is 22.2. The summed E-state index contributed by atoms with van der Waals surface area (Å²) in [6, 6.07) is 11.6. The van der Waals surface area contributed by atoms with Crippen molar-refractivity contribution in [2.75, 3.05) is 31.1 Å². The lowest BCUT2D eigenvalue weighted by Crippen LogP contribution is -2.49. The average Bonchev–Trinajstić information content (AvgIpc) is 3.27. The number of tetrazole rings is 1. The van der Waals surface area contributed by atoms with E-state index in [4.69, 9.17) is 0 Å². The van der Waals surface area contributed by atoms with Crippen LogP contribution in [0.2, 0.25) is 0 Å². The number of amides is 1. The molecule has 4 rings (SSSR count). The first-order valence-electron chi connectivity index (χ1n) is 9.94. The second-order valence-electron chi connectivity index (χ2n) is 7.34. The molecule has 0 atom stereocenters. The summed E-state index contributed by atoms with van der Waals surface area (Å²) in [5, 5.41) is 23.4. The smallest absolute Gasteiger partial charge is 0.362 e. The number of aromatic nitrogens is 4. The van der Waals surface area contributed by atoms with Gasteiger partial charge in [0.2, 0.25) is 11.7 Å². The molecule has 0 aliphatic carbocycles. The summed E-state index contributed by atoms with van der Waals surface area (Å²) in [7, 11) is 0. The number of alkyl halides is 3. The molecule has 10 nitrogen and oxygen atoms in total. The summed E-state index contributed by atoms with van der Waals surface area (Å²) in [4.78, 5) is 27.5. The van der Waals surface area contributed by atoms with Crippen molar-refractivity contribution in [2.45, 2.75) is 12.7 Å². The molecule has 1 amide bonds. The highest BCUT2D eigenvalue weighted by Gasteiger charge is 2.34. The second-order valence-corrected chi connectivity index (χ2v) is 7.34. The van der Waals surface area contributed by atoms with Crippen LogP contribution in [0.4, 0.5) is 24.5 Å². The summed E-state index contributed by atoms with van der Waals surface area (Å²) in [6.07, 6.45) is -4.68. The third kappa shape index (κ3) is 4.91. The van der Waals surface area contributed by atoms with Crippen molar-refractivity contribution in [3.8, 4) is 11.4 Å². The predicted octanol–water partition coefficient (Wildman–Crippen LogP) is 2.62. The van der Waals surface area contributed by atoms with Crippen molar-refractivity contribution < 1.29 is 22.9 Å². The number of piperazine rings is 1. The Labute approximate surface area is 185 Å². The van der Waals surface area contributed by atoms with Gasteiger partial charge in [-0.1, -0.05) is 30.3 Å². The molecular formula is C20H18F3N7O3. The maximum atomic E-state index is 12.9. The van der Waals surface area contributed by atoms with Gasteiger partial charge >= 0.3 is 6.18 Å². The predicted molar refractivity (Wildman–Crippen MR) is 110 cm³/mol. The van der Waals surface area contributed by atoms with Gasteiger partial charge in [-0.2, -0.15) is 18.0 Å². The molecule has 0 bridgehead atoms. The first-order chi connectivity index (χ1) is 15.7. The van der Waals surface area contributed by atoms with E-state index in [0.29, 0.717) is 11.9 Å². The number of halogens is 3. The number of rotatable bonds is 5. The maximum Gasteiger partial charge on any atom is 0.416 e. The van der Waals surface area contributed by atoms with Gasteiger partial charge in [0, 0.05) is 37.8 Å². The molecule has 1 saturated heterocycles. The van der Waals surface area contributed by atoms with Gasteiger partial charge in [0.25, 0.3) is 5.69 Å². The fourth-order valence-electron chi connectivity index (χ4n) is 3.54. The van der Waals surface area contributed by atoms with Crippen LogP contribution in [0.5, 0.6) is 0 Å². The fraction of sp³-hybridized carbons (Fsp3) is 0.300. The standard InChI is InChI=1S/C20H18F3N7O3/c21-20(22,23)15-6-7-16(17(12-15)30(32)33)27-8-10-28(11-9-27)18(31)13-29-25-19(24-26-29)14-4-2-1-3-5-14/h1-7,12H,8-11,13H2. The minimum Gasteiger partial charge on any atom is -0.362 e. The molecule has 3 aromatic rings. The van der Waals surface area contributed by atoms with Crippen LogP contribution in [-0.2, 0) is 17.5 Å². The van der Waals surface area contributed by atoms with Gasteiger partial charge in [-0.3, -0.25) is 14.9 Å². The molecule has 2 heterocycles. The van der Waals surface area contributed by atoms with Crippen LogP contribution in [0.3, 0.4) is 0 Å². The molecule has 33 heavy (non-hydrogen) atoms. The van der Waals surface area contributed by atoms with Crippen molar-refractivity contribution >= 4 is 17.3 Å². The van der Waals surface area contributed by atoms with Crippen molar-refractivity contribution in [1.29, 1.82) is 0 Å². The van der Waals surface area contributed by atoms with E-state index >= 15 is 0 Å². The van der Waals surface area contributed by atoms with Crippen LogP contribution in [0.25, 0.3) is 11.4 Å². The molecular weight excluding hydrogens is 443 g/mol. The van der Waals surface area contributed by atoms with Gasteiger partial charge in [0.05, 0.1) is 10.5 Å². The first-order valence-corrected chi connectivity index (χ1v) is 9.94. The fourth-order valence-corrected chi connectivity index (χ4v) is 3.54. The molecule has 0 saturated carbocycles. The number of nitro benzene ring substituents is 1. The molecule has 2 aromatic carbocycles. The average molecular weight is 461 g/mol. The molecule has 1 aromatic heterocycles. The lowest BCUT2D eigenvalue weighted by atomic mass is 10.1. The van der Waals surface area contributed by atoms with E-state index in [1.165, 1.54) is 4.80 Å². The van der Waals surface area contributed by atoms with Gasteiger partial charge in [-0.05, 0) is 17.3 Å². The number of nitro groups is 1. The highest BCUT2D eigenvalue weighted by atomic mass is 19.4. The summed E-state index contributed by atoms with van der Waals surface area (Å²) in [6.45, 7) is 0.838. The number of carbonyl (C=O) groups excluding carboxylic acids is 1. The highest BCUT2D eigenvalue weighted by Crippen LogP contribution is 2.36. The topological polar surface area (TPSA) is 110 Å². The van der Waals surface area contributed by atoms with Crippen LogP contribution in [0.15, 0.2) is 48.5 Å². The van der Waals surface area contributed by atoms with E-state index in [-0.39, 0.29) is 44.3 Å². The molecule has 1 aliphatic rings. The van der Waals surface area contributed by atoms with Crippen molar-refractivity contribution in [3.63, 3.8) is 0 Å². The Morgan fingerprint density at radius 1 is 1.06 bits per heavy atom. The van der Waals surface area contributed by atoms with Gasteiger partial charge < -0.3 is 9.80 Å². The molecule has 0 spiro atoms. The van der Waals surface area contributed by atoms with Gasteiger partial charge in [0.1, 0.15) is 12.2 Å². The second kappa shape index (κ2) is 8.84. The number of hydrogen-bond acceptors (Lipinski definition) is 7. The Morgan fingerprint density at radius 2 is 1.76 bits per heavy atom. The van der Waals surface area contributed by atoms with E-state index < -0.39 is 22.4 Å². The number of hydrogen-bond donors (Lipinski definition) is 0. The molecule has 0 unspecified atom stereocenters. The van der Waals surface area contributed by atoms with Crippen molar-refractivity contribution in [2.24, 2.45) is 0 Å². The van der Waals surface area contributed by atoms with E-state index in [1.807, 2.05) is 30.3 Å². The Hall–Kier alpha value is -4.03. The Kier molecular flexibility index (Phi) is 5.94. The van der Waals surface area contributed by atoms with Gasteiger partial charge in [-0.15, -0.1) is 10.2 Å². The third-order valence-electron chi connectivity index (χ3n) is 5.23. The molecule has 1 aliphatic heterocycles. The zero-order valence-corrected chi connectivity index (χ0v) is 17.1. The monoisotopic (exact) mass is 461 g/mol. The zero-order valence-electron chi connectivity index (χ0n) is 17.1. The lowest BCUT2D eigenvalue weighted by Gasteiger charge is -2.35. The van der Waals surface area contributed by atoms with E-state index in [1.54, 1.807) is 9.80 Å². The Balaban J connectivity index is 1.39. The lowest BCUT2D eigenvalue weighted by molar-refractivity contribution is -0.384. The maximum absolute atomic E-state index is 12.9. The molecule has 1 fully saturated rings. The van der Waals surface area contributed by atoms with E-state index in [0.717, 1.165) is 17.7 Å². The molecule has 0 radical (unpaired) electrons. The summed E-state index contributed by atoms with van der Waals surface area (Å²) >= 11 is 0. The van der Waals surface area contributed by atoms with Crippen molar-refractivity contribution in [3.05, 3.63) is 64.2 Å². The zero-order chi connectivity index (χ0) is 23.6. The minimum atomic E-state index is -4.68. The van der Waals surface area contributed by atoms with Crippen LogP contribution >= 0.6 is 0 Å².